The maximum Gasteiger partial charge on any atom is 0.417 e. The van der Waals surface area contributed by atoms with Crippen molar-refractivity contribution in [2.24, 2.45) is 0 Å². The van der Waals surface area contributed by atoms with Crippen molar-refractivity contribution in [2.45, 2.75) is 6.18 Å². The van der Waals surface area contributed by atoms with E-state index in [1.54, 1.807) is 0 Å². The second kappa shape index (κ2) is 3.49. The largest absolute Gasteiger partial charge is 0.417 e. The van der Waals surface area contributed by atoms with Gasteiger partial charge in [-0.05, 0) is 18.2 Å². The summed E-state index contributed by atoms with van der Waals surface area (Å²) in [5, 5.41) is 0. The molecule has 0 aromatic heterocycles. The molecule has 1 aromatic carbocycles. The number of halogens is 4. The van der Waals surface area contributed by atoms with Gasteiger partial charge in [-0.3, -0.25) is 4.79 Å². The van der Waals surface area contributed by atoms with E-state index in [1.165, 1.54) is 0 Å². The second-order valence-corrected chi connectivity index (χ2v) is 3.12. The Hall–Kier alpha value is -0.840. The minimum atomic E-state index is -4.45. The van der Waals surface area contributed by atoms with Crippen LogP contribution in [0.2, 0.25) is 0 Å². The molecule has 0 atom stereocenters. The fraction of sp³-hybridized carbons (Fsp3) is 0.125. The van der Waals surface area contributed by atoms with Crippen LogP contribution in [0.15, 0.2) is 16.6 Å². The van der Waals surface area contributed by atoms with Gasteiger partial charge in [-0.15, -0.1) is 0 Å². The molecule has 69 valence electrons. The van der Waals surface area contributed by atoms with Crippen LogP contribution in [0.1, 0.15) is 15.9 Å². The van der Waals surface area contributed by atoms with Gasteiger partial charge >= 0.3 is 6.18 Å². The van der Waals surface area contributed by atoms with E-state index < -0.39 is 11.7 Å². The van der Waals surface area contributed by atoms with Crippen LogP contribution in [0.4, 0.5) is 13.2 Å². The minimum Gasteiger partial charge on any atom is -0.298 e. The first-order valence-corrected chi connectivity index (χ1v) is 3.98. The molecule has 0 aliphatic rings. The molecule has 0 heterocycles. The lowest BCUT2D eigenvalue weighted by atomic mass is 10.1. The molecule has 0 saturated heterocycles. The van der Waals surface area contributed by atoms with Crippen LogP contribution in [-0.4, -0.2) is 6.29 Å². The van der Waals surface area contributed by atoms with Crippen molar-refractivity contribution in [1.82, 2.24) is 0 Å². The van der Waals surface area contributed by atoms with Gasteiger partial charge in [-0.25, -0.2) is 0 Å². The fourth-order valence-corrected chi connectivity index (χ4v) is 1.23. The minimum absolute atomic E-state index is 0.115. The van der Waals surface area contributed by atoms with Crippen LogP contribution >= 0.6 is 15.9 Å². The highest BCUT2D eigenvalue weighted by atomic mass is 79.9. The third kappa shape index (κ3) is 2.30. The van der Waals surface area contributed by atoms with E-state index in [2.05, 4.69) is 22.0 Å². The van der Waals surface area contributed by atoms with E-state index in [1.807, 2.05) is 0 Å². The lowest BCUT2D eigenvalue weighted by Gasteiger charge is -2.08. The Morgan fingerprint density at radius 1 is 1.46 bits per heavy atom. The van der Waals surface area contributed by atoms with Gasteiger partial charge in [0, 0.05) is 10.0 Å². The highest BCUT2D eigenvalue weighted by molar-refractivity contribution is 9.10. The Balaban J connectivity index is 3.27. The Morgan fingerprint density at radius 3 is 2.54 bits per heavy atom. The lowest BCUT2D eigenvalue weighted by molar-refractivity contribution is -0.138. The maximum atomic E-state index is 12.2. The SMILES string of the molecule is O=Cc1[c]cc(Br)c(C(F)(F)F)c1. The Bertz CT molecular complexity index is 333. The van der Waals surface area contributed by atoms with E-state index in [4.69, 9.17) is 0 Å². The summed E-state index contributed by atoms with van der Waals surface area (Å²) in [6.45, 7) is 0. The van der Waals surface area contributed by atoms with Crippen molar-refractivity contribution >= 4 is 22.2 Å². The third-order valence-electron chi connectivity index (χ3n) is 1.36. The van der Waals surface area contributed by atoms with Gasteiger partial charge in [-0.2, -0.15) is 13.2 Å². The summed E-state index contributed by atoms with van der Waals surface area (Å²) in [6, 6.07) is 4.21. The number of aldehydes is 1. The van der Waals surface area contributed by atoms with Crippen molar-refractivity contribution in [3.63, 3.8) is 0 Å². The first-order chi connectivity index (χ1) is 5.95. The summed E-state index contributed by atoms with van der Waals surface area (Å²) < 4.78 is 36.5. The molecule has 1 nitrogen and oxygen atoms in total. The number of hydrogen-bond acceptors (Lipinski definition) is 1. The second-order valence-electron chi connectivity index (χ2n) is 2.27. The van der Waals surface area contributed by atoms with Gasteiger partial charge in [-0.1, -0.05) is 15.9 Å². The van der Waals surface area contributed by atoms with Crippen LogP contribution in [0.25, 0.3) is 0 Å². The van der Waals surface area contributed by atoms with Crippen molar-refractivity contribution in [3.05, 3.63) is 33.8 Å². The van der Waals surface area contributed by atoms with E-state index in [0.29, 0.717) is 6.29 Å². The zero-order valence-electron chi connectivity index (χ0n) is 6.15. The normalized spacial score (nSPS) is 11.4. The predicted octanol–water partition coefficient (Wildman–Crippen LogP) is 3.08. The summed E-state index contributed by atoms with van der Waals surface area (Å²) in [4.78, 5) is 10.2. The molecule has 5 heteroatoms. The molecule has 1 aromatic rings. The number of benzene rings is 1. The molecule has 0 saturated carbocycles. The Labute approximate surface area is 80.7 Å². The molecule has 0 aliphatic carbocycles. The van der Waals surface area contributed by atoms with Crippen LogP contribution < -0.4 is 0 Å². The van der Waals surface area contributed by atoms with Gasteiger partial charge in [0.2, 0.25) is 0 Å². The molecule has 0 unspecified atom stereocenters. The Morgan fingerprint density at radius 2 is 2.08 bits per heavy atom. The van der Waals surface area contributed by atoms with Crippen LogP contribution in [-0.2, 0) is 6.18 Å². The van der Waals surface area contributed by atoms with Crippen molar-refractivity contribution < 1.29 is 18.0 Å². The predicted molar refractivity (Wildman–Crippen MR) is 43.4 cm³/mol. The Kier molecular flexibility index (Phi) is 2.75. The van der Waals surface area contributed by atoms with E-state index in [-0.39, 0.29) is 10.0 Å². The number of rotatable bonds is 1. The number of carbonyl (C=O) groups excluding carboxylic acids is 1. The standard InChI is InChI=1S/C8H3BrF3O/c9-7-2-1-5(4-13)3-6(7)8(10,11)12/h2-4H. The van der Waals surface area contributed by atoms with Gasteiger partial charge in [0.1, 0.15) is 0 Å². The zero-order valence-corrected chi connectivity index (χ0v) is 7.74. The van der Waals surface area contributed by atoms with Crippen molar-refractivity contribution in [1.29, 1.82) is 0 Å². The van der Waals surface area contributed by atoms with Gasteiger partial charge < -0.3 is 0 Å². The molecule has 1 rings (SSSR count). The highest BCUT2D eigenvalue weighted by Crippen LogP contribution is 2.34. The van der Waals surface area contributed by atoms with Crippen LogP contribution in [0.5, 0.6) is 0 Å². The first kappa shape index (κ1) is 10.2. The molecule has 0 aliphatic heterocycles. The van der Waals surface area contributed by atoms with E-state index in [9.17, 15) is 18.0 Å². The molecular weight excluding hydrogens is 249 g/mol. The van der Waals surface area contributed by atoms with Crippen molar-refractivity contribution in [3.8, 4) is 0 Å². The monoisotopic (exact) mass is 251 g/mol. The quantitative estimate of drug-likeness (QED) is 0.702. The molecule has 0 spiro atoms. The lowest BCUT2D eigenvalue weighted by Crippen LogP contribution is -2.06. The summed E-state index contributed by atoms with van der Waals surface area (Å²) in [7, 11) is 0. The molecule has 1 radical (unpaired) electrons. The third-order valence-corrected chi connectivity index (χ3v) is 2.01. The molecular formula is C8H3BrF3O. The van der Waals surface area contributed by atoms with Gasteiger partial charge in [0.25, 0.3) is 0 Å². The zero-order chi connectivity index (χ0) is 10.1. The number of hydrogen-bond donors (Lipinski definition) is 0. The summed E-state index contributed by atoms with van der Waals surface area (Å²) in [6.07, 6.45) is -4.13. The highest BCUT2D eigenvalue weighted by Gasteiger charge is 2.33. The smallest absolute Gasteiger partial charge is 0.298 e. The first-order valence-electron chi connectivity index (χ1n) is 3.19. The molecule has 0 fully saturated rings. The maximum absolute atomic E-state index is 12.2. The van der Waals surface area contributed by atoms with Gasteiger partial charge in [0.15, 0.2) is 6.29 Å². The molecule has 13 heavy (non-hydrogen) atoms. The van der Waals surface area contributed by atoms with Gasteiger partial charge in [0.05, 0.1) is 5.56 Å². The average molecular weight is 252 g/mol. The van der Waals surface area contributed by atoms with E-state index in [0.717, 1.165) is 12.1 Å². The van der Waals surface area contributed by atoms with Crippen LogP contribution in [0, 0.1) is 6.07 Å². The number of carbonyl (C=O) groups is 1. The molecule has 0 N–H and O–H groups in total. The van der Waals surface area contributed by atoms with Crippen molar-refractivity contribution in [2.75, 3.05) is 0 Å². The van der Waals surface area contributed by atoms with Crippen LogP contribution in [0.3, 0.4) is 0 Å². The summed E-state index contributed by atoms with van der Waals surface area (Å²) >= 11 is 2.73. The molecule has 0 amide bonds. The summed E-state index contributed by atoms with van der Waals surface area (Å²) in [5.41, 5.74) is -0.983. The average Bonchev–Trinajstić information content (AvgIpc) is 2.03. The van der Waals surface area contributed by atoms with E-state index >= 15 is 0 Å². The summed E-state index contributed by atoms with van der Waals surface area (Å²) in [5.74, 6) is 0. The fourth-order valence-electron chi connectivity index (χ4n) is 0.776. The molecule has 0 bridgehead atoms. The topological polar surface area (TPSA) is 17.1 Å². The number of alkyl halides is 3.